The van der Waals surface area contributed by atoms with E-state index in [9.17, 15) is 0 Å². The minimum absolute atomic E-state index is 0.510. The second kappa shape index (κ2) is 7.39. The lowest BCUT2D eigenvalue weighted by Crippen LogP contribution is -2.21. The topological polar surface area (TPSA) is 75.2 Å². The molecule has 0 radical (unpaired) electrons. The van der Waals surface area contributed by atoms with Crippen molar-refractivity contribution in [3.63, 3.8) is 0 Å². The molecule has 0 saturated carbocycles. The standard InChI is InChI=1S/C14H20N6O/c1-20(2)9-8-15-14-18-13(10-16-19-14)17-11-4-6-12(21-3)7-5-11/h4-7,10H,8-9H2,1-3H3,(H2,15,17,18,19). The maximum Gasteiger partial charge on any atom is 0.244 e. The first kappa shape index (κ1) is 15.0. The molecule has 2 N–H and O–H groups in total. The zero-order valence-corrected chi connectivity index (χ0v) is 12.5. The largest absolute Gasteiger partial charge is 0.497 e. The van der Waals surface area contributed by atoms with Crippen LogP contribution in [0.1, 0.15) is 0 Å². The molecule has 0 aliphatic rings. The van der Waals surface area contributed by atoms with Crippen LogP contribution in [0.5, 0.6) is 5.75 Å². The first-order chi connectivity index (χ1) is 10.2. The Hall–Kier alpha value is -2.41. The Labute approximate surface area is 124 Å². The Bertz CT molecular complexity index is 558. The summed E-state index contributed by atoms with van der Waals surface area (Å²) in [5, 5.41) is 14.2. The van der Waals surface area contributed by atoms with Crippen LogP contribution in [0, 0.1) is 0 Å². The molecular weight excluding hydrogens is 268 g/mol. The lowest BCUT2D eigenvalue weighted by Gasteiger charge is -2.11. The second-order valence-electron chi connectivity index (χ2n) is 4.75. The number of anilines is 3. The van der Waals surface area contributed by atoms with Gasteiger partial charge in [-0.25, -0.2) is 0 Å². The molecule has 0 unspecified atom stereocenters. The molecule has 1 aromatic heterocycles. The van der Waals surface area contributed by atoms with Crippen LogP contribution in [0.25, 0.3) is 0 Å². The Morgan fingerprint density at radius 3 is 2.62 bits per heavy atom. The van der Waals surface area contributed by atoms with Crippen molar-refractivity contribution in [2.45, 2.75) is 0 Å². The van der Waals surface area contributed by atoms with Crippen molar-refractivity contribution in [3.8, 4) is 5.75 Å². The van der Waals surface area contributed by atoms with Crippen LogP contribution in [-0.4, -0.2) is 54.4 Å². The first-order valence-corrected chi connectivity index (χ1v) is 6.67. The van der Waals surface area contributed by atoms with Gasteiger partial charge in [-0.15, -0.1) is 5.10 Å². The Balaban J connectivity index is 1.96. The van der Waals surface area contributed by atoms with Crippen molar-refractivity contribution in [2.24, 2.45) is 0 Å². The van der Waals surface area contributed by atoms with E-state index >= 15 is 0 Å². The molecule has 112 valence electrons. The highest BCUT2D eigenvalue weighted by Crippen LogP contribution is 2.18. The lowest BCUT2D eigenvalue weighted by atomic mass is 10.3. The molecule has 0 bridgehead atoms. The molecule has 0 saturated heterocycles. The van der Waals surface area contributed by atoms with E-state index in [2.05, 4.69) is 30.7 Å². The molecule has 1 heterocycles. The van der Waals surface area contributed by atoms with E-state index in [1.165, 1.54) is 0 Å². The fourth-order valence-electron chi connectivity index (χ4n) is 1.65. The first-order valence-electron chi connectivity index (χ1n) is 6.67. The third-order valence-electron chi connectivity index (χ3n) is 2.76. The smallest absolute Gasteiger partial charge is 0.244 e. The molecule has 0 aliphatic heterocycles. The summed E-state index contributed by atoms with van der Waals surface area (Å²) in [5.41, 5.74) is 0.913. The van der Waals surface area contributed by atoms with Crippen molar-refractivity contribution < 1.29 is 4.74 Å². The summed E-state index contributed by atoms with van der Waals surface area (Å²) in [6.07, 6.45) is 1.58. The number of nitrogens with one attached hydrogen (secondary N) is 2. The van der Waals surface area contributed by atoms with Gasteiger partial charge >= 0.3 is 0 Å². The van der Waals surface area contributed by atoms with Gasteiger partial charge in [0.05, 0.1) is 13.3 Å². The molecule has 21 heavy (non-hydrogen) atoms. The number of aromatic nitrogens is 3. The summed E-state index contributed by atoms with van der Waals surface area (Å²) in [6.45, 7) is 1.67. The summed E-state index contributed by atoms with van der Waals surface area (Å²) in [4.78, 5) is 6.45. The number of methoxy groups -OCH3 is 1. The number of likely N-dealkylation sites (N-methyl/N-ethyl adjacent to an activating group) is 1. The maximum absolute atomic E-state index is 5.12. The highest BCUT2D eigenvalue weighted by Gasteiger charge is 2.01. The van der Waals surface area contributed by atoms with Crippen molar-refractivity contribution in [2.75, 3.05) is 44.9 Å². The number of hydrogen-bond donors (Lipinski definition) is 2. The monoisotopic (exact) mass is 288 g/mol. The fraction of sp³-hybridized carbons (Fsp3) is 0.357. The quantitative estimate of drug-likeness (QED) is 0.801. The van der Waals surface area contributed by atoms with Gasteiger partial charge in [-0.3, -0.25) is 0 Å². The van der Waals surface area contributed by atoms with Crippen molar-refractivity contribution in [1.82, 2.24) is 20.1 Å². The van der Waals surface area contributed by atoms with Gasteiger partial charge in [0.1, 0.15) is 5.75 Å². The maximum atomic E-state index is 5.12. The third kappa shape index (κ3) is 4.88. The number of ether oxygens (including phenoxy) is 1. The molecule has 7 heteroatoms. The minimum Gasteiger partial charge on any atom is -0.497 e. The molecule has 1 aromatic carbocycles. The summed E-state index contributed by atoms with van der Waals surface area (Å²) in [7, 11) is 5.67. The van der Waals surface area contributed by atoms with E-state index < -0.39 is 0 Å². The van der Waals surface area contributed by atoms with Crippen LogP contribution in [-0.2, 0) is 0 Å². The normalized spacial score (nSPS) is 10.5. The molecule has 7 nitrogen and oxygen atoms in total. The molecule has 0 spiro atoms. The average molecular weight is 288 g/mol. The molecule has 0 amide bonds. The Kier molecular flexibility index (Phi) is 5.28. The summed E-state index contributed by atoms with van der Waals surface area (Å²) >= 11 is 0. The summed E-state index contributed by atoms with van der Waals surface area (Å²) in [6, 6.07) is 7.60. The van der Waals surface area contributed by atoms with Crippen LogP contribution >= 0.6 is 0 Å². The molecule has 0 atom stereocenters. The third-order valence-corrected chi connectivity index (χ3v) is 2.76. The van der Waals surface area contributed by atoms with E-state index in [1.54, 1.807) is 13.3 Å². The van der Waals surface area contributed by atoms with Gasteiger partial charge in [0.15, 0.2) is 5.82 Å². The average Bonchev–Trinajstić information content (AvgIpc) is 2.48. The number of rotatable bonds is 7. The fourth-order valence-corrected chi connectivity index (χ4v) is 1.65. The minimum atomic E-state index is 0.510. The SMILES string of the molecule is COc1ccc(Nc2cnnc(NCCN(C)C)n2)cc1. The predicted molar refractivity (Wildman–Crippen MR) is 83.1 cm³/mol. The van der Waals surface area contributed by atoms with Crippen molar-refractivity contribution in [1.29, 1.82) is 0 Å². The van der Waals surface area contributed by atoms with E-state index in [1.807, 2.05) is 38.4 Å². The number of benzene rings is 1. The molecule has 2 aromatic rings. The van der Waals surface area contributed by atoms with Gasteiger partial charge in [0.25, 0.3) is 0 Å². The van der Waals surface area contributed by atoms with Gasteiger partial charge in [0.2, 0.25) is 5.95 Å². The highest BCUT2D eigenvalue weighted by molar-refractivity contribution is 5.57. The van der Waals surface area contributed by atoms with Crippen molar-refractivity contribution in [3.05, 3.63) is 30.5 Å². The van der Waals surface area contributed by atoms with Gasteiger partial charge in [-0.05, 0) is 38.4 Å². The van der Waals surface area contributed by atoms with Crippen LogP contribution in [0.4, 0.5) is 17.5 Å². The van der Waals surface area contributed by atoms with Gasteiger partial charge in [-0.1, -0.05) is 0 Å². The zero-order valence-electron chi connectivity index (χ0n) is 12.5. The second-order valence-corrected chi connectivity index (χ2v) is 4.75. The Morgan fingerprint density at radius 1 is 1.19 bits per heavy atom. The van der Waals surface area contributed by atoms with E-state index in [4.69, 9.17) is 4.74 Å². The molecule has 0 aliphatic carbocycles. The summed E-state index contributed by atoms with van der Waals surface area (Å²) in [5.74, 6) is 1.96. The number of hydrogen-bond acceptors (Lipinski definition) is 7. The van der Waals surface area contributed by atoms with Crippen LogP contribution < -0.4 is 15.4 Å². The number of nitrogens with zero attached hydrogens (tertiary/aromatic N) is 4. The Morgan fingerprint density at radius 2 is 1.95 bits per heavy atom. The predicted octanol–water partition coefficient (Wildman–Crippen LogP) is 1.60. The summed E-state index contributed by atoms with van der Waals surface area (Å²) < 4.78 is 5.12. The van der Waals surface area contributed by atoms with E-state index in [0.717, 1.165) is 24.5 Å². The van der Waals surface area contributed by atoms with Gasteiger partial charge < -0.3 is 20.3 Å². The lowest BCUT2D eigenvalue weighted by molar-refractivity contribution is 0.415. The van der Waals surface area contributed by atoms with Gasteiger partial charge in [0, 0.05) is 18.8 Å². The van der Waals surface area contributed by atoms with Crippen molar-refractivity contribution >= 4 is 17.5 Å². The molecule has 0 fully saturated rings. The molecular formula is C14H20N6O. The zero-order chi connectivity index (χ0) is 15.1. The van der Waals surface area contributed by atoms with Gasteiger partial charge in [-0.2, -0.15) is 10.1 Å². The van der Waals surface area contributed by atoms with Crippen LogP contribution in [0.2, 0.25) is 0 Å². The highest BCUT2D eigenvalue weighted by atomic mass is 16.5. The van der Waals surface area contributed by atoms with E-state index in [-0.39, 0.29) is 0 Å². The van der Waals surface area contributed by atoms with Crippen LogP contribution in [0.3, 0.4) is 0 Å². The van der Waals surface area contributed by atoms with Crippen LogP contribution in [0.15, 0.2) is 30.5 Å². The molecule has 2 rings (SSSR count). The van der Waals surface area contributed by atoms with E-state index in [0.29, 0.717) is 11.8 Å².